The first-order valence-corrected chi connectivity index (χ1v) is 7.22. The van der Waals surface area contributed by atoms with Crippen LogP contribution in [0, 0.1) is 5.92 Å². The second-order valence-corrected chi connectivity index (χ2v) is 5.44. The van der Waals surface area contributed by atoms with Gasteiger partial charge in [0.15, 0.2) is 0 Å². The van der Waals surface area contributed by atoms with E-state index in [-0.39, 0.29) is 5.91 Å². The number of hydrogen-bond acceptors (Lipinski definition) is 2. The summed E-state index contributed by atoms with van der Waals surface area (Å²) in [6.07, 6.45) is 4.04. The first-order valence-electron chi connectivity index (χ1n) is 6.10. The normalized spacial score (nSPS) is 26.7. The fraction of sp³-hybridized carbons (Fsp3) is 0.917. The van der Waals surface area contributed by atoms with Gasteiger partial charge in [-0.15, -0.1) is 0 Å². The lowest BCUT2D eigenvalue weighted by Gasteiger charge is -2.23. The molecule has 1 amide bonds. The Labute approximate surface area is 106 Å². The number of rotatable bonds is 6. The standard InChI is InChI=1S/C12H22BrNO2/c1-3-10(5-7-13)9-14-11(15)12(2)6-4-8-16-12/h10H,3-9H2,1-2H3,(H,14,15). The Morgan fingerprint density at radius 3 is 2.88 bits per heavy atom. The molecule has 1 heterocycles. The van der Waals surface area contributed by atoms with Crippen molar-refractivity contribution in [2.45, 2.75) is 45.1 Å². The molecule has 94 valence electrons. The maximum atomic E-state index is 11.9. The second-order valence-electron chi connectivity index (χ2n) is 4.64. The van der Waals surface area contributed by atoms with Crippen molar-refractivity contribution >= 4 is 21.8 Å². The molecule has 1 aliphatic heterocycles. The van der Waals surface area contributed by atoms with Crippen molar-refractivity contribution < 1.29 is 9.53 Å². The SMILES string of the molecule is CCC(CCBr)CNC(=O)C1(C)CCCO1. The van der Waals surface area contributed by atoms with Crippen LogP contribution in [0.2, 0.25) is 0 Å². The Morgan fingerprint density at radius 1 is 1.62 bits per heavy atom. The van der Waals surface area contributed by atoms with E-state index in [0.717, 1.165) is 37.6 Å². The average molecular weight is 292 g/mol. The molecule has 1 fully saturated rings. The molecule has 0 aromatic rings. The van der Waals surface area contributed by atoms with Gasteiger partial charge >= 0.3 is 0 Å². The van der Waals surface area contributed by atoms with E-state index in [1.54, 1.807) is 0 Å². The second kappa shape index (κ2) is 6.60. The van der Waals surface area contributed by atoms with Crippen molar-refractivity contribution in [1.29, 1.82) is 0 Å². The van der Waals surface area contributed by atoms with Crippen LogP contribution in [0.1, 0.15) is 39.5 Å². The van der Waals surface area contributed by atoms with Gasteiger partial charge in [0, 0.05) is 18.5 Å². The number of carbonyl (C=O) groups is 1. The first kappa shape index (κ1) is 14.0. The number of ether oxygens (including phenoxy) is 1. The van der Waals surface area contributed by atoms with E-state index in [1.165, 1.54) is 0 Å². The van der Waals surface area contributed by atoms with E-state index in [1.807, 2.05) is 6.92 Å². The van der Waals surface area contributed by atoms with E-state index in [0.29, 0.717) is 12.5 Å². The molecule has 0 spiro atoms. The van der Waals surface area contributed by atoms with Crippen LogP contribution in [-0.2, 0) is 9.53 Å². The number of amides is 1. The molecule has 0 saturated carbocycles. The van der Waals surface area contributed by atoms with Crippen molar-refractivity contribution in [1.82, 2.24) is 5.32 Å². The van der Waals surface area contributed by atoms with E-state index < -0.39 is 5.60 Å². The highest BCUT2D eigenvalue weighted by molar-refractivity contribution is 9.09. The van der Waals surface area contributed by atoms with Crippen molar-refractivity contribution in [2.24, 2.45) is 5.92 Å². The third-order valence-electron chi connectivity index (χ3n) is 3.35. The van der Waals surface area contributed by atoms with Crippen LogP contribution < -0.4 is 5.32 Å². The van der Waals surface area contributed by atoms with E-state index in [4.69, 9.17) is 4.74 Å². The molecule has 0 aromatic carbocycles. The molecule has 2 unspecified atom stereocenters. The van der Waals surface area contributed by atoms with Crippen LogP contribution in [0.15, 0.2) is 0 Å². The first-order chi connectivity index (χ1) is 7.62. The van der Waals surface area contributed by atoms with Crippen molar-refractivity contribution in [3.8, 4) is 0 Å². The molecule has 1 aliphatic rings. The number of halogens is 1. The van der Waals surface area contributed by atoms with Crippen LogP contribution in [0.5, 0.6) is 0 Å². The fourth-order valence-electron chi connectivity index (χ4n) is 1.99. The molecular formula is C12H22BrNO2. The van der Waals surface area contributed by atoms with Crippen molar-refractivity contribution in [3.05, 3.63) is 0 Å². The molecule has 3 nitrogen and oxygen atoms in total. The molecule has 16 heavy (non-hydrogen) atoms. The van der Waals surface area contributed by atoms with Gasteiger partial charge in [-0.25, -0.2) is 0 Å². The molecule has 4 heteroatoms. The highest BCUT2D eigenvalue weighted by atomic mass is 79.9. The number of hydrogen-bond donors (Lipinski definition) is 1. The topological polar surface area (TPSA) is 38.3 Å². The van der Waals surface area contributed by atoms with Gasteiger partial charge in [0.25, 0.3) is 5.91 Å². The minimum Gasteiger partial charge on any atom is -0.365 e. The lowest BCUT2D eigenvalue weighted by molar-refractivity contribution is -0.139. The van der Waals surface area contributed by atoms with Gasteiger partial charge in [0.1, 0.15) is 5.60 Å². The summed E-state index contributed by atoms with van der Waals surface area (Å²) in [5.41, 5.74) is -0.577. The molecule has 0 bridgehead atoms. The van der Waals surface area contributed by atoms with E-state index >= 15 is 0 Å². The largest absolute Gasteiger partial charge is 0.365 e. The van der Waals surface area contributed by atoms with Gasteiger partial charge in [-0.1, -0.05) is 29.3 Å². The van der Waals surface area contributed by atoms with Crippen molar-refractivity contribution in [2.75, 3.05) is 18.5 Å². The highest BCUT2D eigenvalue weighted by Crippen LogP contribution is 2.25. The number of carbonyl (C=O) groups excluding carboxylic acids is 1. The van der Waals surface area contributed by atoms with Gasteiger partial charge in [-0.3, -0.25) is 4.79 Å². The van der Waals surface area contributed by atoms with Crippen LogP contribution in [0.4, 0.5) is 0 Å². The maximum absolute atomic E-state index is 11.9. The van der Waals surface area contributed by atoms with Crippen LogP contribution in [0.25, 0.3) is 0 Å². The summed E-state index contributed by atoms with van der Waals surface area (Å²) in [7, 11) is 0. The summed E-state index contributed by atoms with van der Waals surface area (Å²) in [5, 5.41) is 4.01. The van der Waals surface area contributed by atoms with Crippen molar-refractivity contribution in [3.63, 3.8) is 0 Å². The number of alkyl halides is 1. The molecule has 1 rings (SSSR count). The molecule has 1 N–H and O–H groups in total. The van der Waals surface area contributed by atoms with Gasteiger partial charge < -0.3 is 10.1 Å². The Kier molecular flexibility index (Phi) is 5.76. The van der Waals surface area contributed by atoms with E-state index in [9.17, 15) is 4.79 Å². The summed E-state index contributed by atoms with van der Waals surface area (Å²) < 4.78 is 5.51. The summed E-state index contributed by atoms with van der Waals surface area (Å²) in [4.78, 5) is 11.9. The predicted molar refractivity (Wildman–Crippen MR) is 68.8 cm³/mol. The van der Waals surface area contributed by atoms with Gasteiger partial charge in [-0.2, -0.15) is 0 Å². The van der Waals surface area contributed by atoms with Crippen LogP contribution in [0.3, 0.4) is 0 Å². The summed E-state index contributed by atoms with van der Waals surface area (Å²) >= 11 is 3.44. The van der Waals surface area contributed by atoms with Gasteiger partial charge in [0.2, 0.25) is 0 Å². The molecule has 1 saturated heterocycles. The maximum Gasteiger partial charge on any atom is 0.251 e. The van der Waals surface area contributed by atoms with Gasteiger partial charge in [-0.05, 0) is 32.1 Å². The van der Waals surface area contributed by atoms with Gasteiger partial charge in [0.05, 0.1) is 0 Å². The third kappa shape index (κ3) is 3.74. The molecule has 0 radical (unpaired) electrons. The summed E-state index contributed by atoms with van der Waals surface area (Å²) in [5.74, 6) is 0.617. The monoisotopic (exact) mass is 291 g/mol. The third-order valence-corrected chi connectivity index (χ3v) is 3.80. The Morgan fingerprint density at radius 2 is 2.38 bits per heavy atom. The number of nitrogens with one attached hydrogen (secondary N) is 1. The zero-order valence-corrected chi connectivity index (χ0v) is 11.8. The van der Waals surface area contributed by atoms with Crippen LogP contribution in [-0.4, -0.2) is 30.0 Å². The van der Waals surface area contributed by atoms with Crippen LogP contribution >= 0.6 is 15.9 Å². The zero-order valence-electron chi connectivity index (χ0n) is 10.2. The van der Waals surface area contributed by atoms with E-state index in [2.05, 4.69) is 28.2 Å². The Hall–Kier alpha value is -0.0900. The predicted octanol–water partition coefficient (Wildman–Crippen LogP) is 2.48. The Balaban J connectivity index is 2.33. The molecule has 0 aromatic heterocycles. The molecular weight excluding hydrogens is 270 g/mol. The lowest BCUT2D eigenvalue weighted by Crippen LogP contribution is -2.45. The lowest BCUT2D eigenvalue weighted by atomic mass is 10.00. The molecule has 0 aliphatic carbocycles. The Bertz CT molecular complexity index is 227. The molecule has 2 atom stereocenters. The summed E-state index contributed by atoms with van der Waals surface area (Å²) in [6.45, 7) is 5.52. The quantitative estimate of drug-likeness (QED) is 0.764. The fourth-order valence-corrected chi connectivity index (χ4v) is 2.63. The highest BCUT2D eigenvalue weighted by Gasteiger charge is 2.37. The average Bonchev–Trinajstić information content (AvgIpc) is 2.72. The summed E-state index contributed by atoms with van der Waals surface area (Å²) in [6, 6.07) is 0. The smallest absolute Gasteiger partial charge is 0.251 e. The minimum atomic E-state index is -0.577. The minimum absolute atomic E-state index is 0.0537. The zero-order chi connectivity index (χ0) is 12.0.